The average molecular weight is 287 g/mol. The average Bonchev–Trinajstić information content (AvgIpc) is 3.30. The van der Waals surface area contributed by atoms with E-state index >= 15 is 0 Å². The van der Waals surface area contributed by atoms with E-state index in [9.17, 15) is 9.59 Å². The highest BCUT2D eigenvalue weighted by molar-refractivity contribution is 5.97. The molecule has 0 atom stereocenters. The summed E-state index contributed by atoms with van der Waals surface area (Å²) in [5.74, 6) is -0.199. The molecular weight excluding hydrogens is 266 g/mol. The Morgan fingerprint density at radius 1 is 1.29 bits per heavy atom. The van der Waals surface area contributed by atoms with Crippen LogP contribution in [0.25, 0.3) is 0 Å². The summed E-state index contributed by atoms with van der Waals surface area (Å²) in [6.45, 7) is 0.834. The lowest BCUT2D eigenvalue weighted by Crippen LogP contribution is -2.36. The maximum atomic E-state index is 12.3. The quantitative estimate of drug-likeness (QED) is 0.906. The second-order valence-electron chi connectivity index (χ2n) is 6.08. The summed E-state index contributed by atoms with van der Waals surface area (Å²) < 4.78 is 0. The van der Waals surface area contributed by atoms with Crippen LogP contribution < -0.4 is 4.90 Å². The first-order valence-corrected chi connectivity index (χ1v) is 7.80. The lowest BCUT2D eigenvalue weighted by molar-refractivity contribution is -0.137. The number of hydrogen-bond donors (Lipinski definition) is 1. The number of anilines is 1. The van der Waals surface area contributed by atoms with Gasteiger partial charge in [-0.05, 0) is 55.7 Å². The first-order chi connectivity index (χ1) is 10.1. The van der Waals surface area contributed by atoms with Gasteiger partial charge in [-0.15, -0.1) is 0 Å². The van der Waals surface area contributed by atoms with Gasteiger partial charge in [0, 0.05) is 24.6 Å². The van der Waals surface area contributed by atoms with Gasteiger partial charge in [-0.2, -0.15) is 0 Å². The maximum absolute atomic E-state index is 12.3. The van der Waals surface area contributed by atoms with Gasteiger partial charge in [-0.3, -0.25) is 9.59 Å². The van der Waals surface area contributed by atoms with E-state index in [0.717, 1.165) is 44.3 Å². The summed E-state index contributed by atoms with van der Waals surface area (Å²) >= 11 is 0. The van der Waals surface area contributed by atoms with Gasteiger partial charge in [0.25, 0.3) is 0 Å². The predicted octanol–water partition coefficient (Wildman–Crippen LogP) is 2.78. The zero-order chi connectivity index (χ0) is 14.8. The molecule has 21 heavy (non-hydrogen) atoms. The van der Waals surface area contributed by atoms with Crippen LogP contribution in [0.1, 0.15) is 43.2 Å². The van der Waals surface area contributed by atoms with E-state index in [1.807, 2.05) is 17.0 Å². The molecule has 1 aliphatic heterocycles. The van der Waals surface area contributed by atoms with Gasteiger partial charge in [-0.25, -0.2) is 0 Å². The Hall–Kier alpha value is -1.84. The van der Waals surface area contributed by atoms with E-state index in [1.165, 1.54) is 11.1 Å². The second kappa shape index (κ2) is 5.88. The van der Waals surface area contributed by atoms with E-state index in [2.05, 4.69) is 6.07 Å². The van der Waals surface area contributed by atoms with E-state index in [-0.39, 0.29) is 18.2 Å². The van der Waals surface area contributed by atoms with Gasteiger partial charge in [0.05, 0.1) is 0 Å². The van der Waals surface area contributed by atoms with Crippen LogP contribution in [0, 0.1) is 5.92 Å². The highest BCUT2D eigenvalue weighted by Gasteiger charge is 2.35. The van der Waals surface area contributed by atoms with Crippen LogP contribution >= 0.6 is 0 Å². The molecule has 0 aromatic heterocycles. The van der Waals surface area contributed by atoms with Crippen LogP contribution in [-0.4, -0.2) is 23.5 Å². The monoisotopic (exact) mass is 287 g/mol. The fraction of sp³-hybridized carbons (Fsp3) is 0.529. The third kappa shape index (κ3) is 3.26. The van der Waals surface area contributed by atoms with E-state index < -0.39 is 5.97 Å². The van der Waals surface area contributed by atoms with Gasteiger partial charge in [0.15, 0.2) is 0 Å². The van der Waals surface area contributed by atoms with Crippen molar-refractivity contribution in [3.05, 3.63) is 29.3 Å². The number of carbonyl (C=O) groups is 2. The minimum atomic E-state index is -0.742. The number of carbonyl (C=O) groups excluding carboxylic acids is 1. The SMILES string of the molecule is O=C(O)CCCc1ccc2c(c1)CCCN2C(=O)C1CC1. The number of aryl methyl sites for hydroxylation is 2. The summed E-state index contributed by atoms with van der Waals surface area (Å²) in [4.78, 5) is 24.8. The molecule has 0 spiro atoms. The minimum absolute atomic E-state index is 0.212. The van der Waals surface area contributed by atoms with Gasteiger partial charge in [0.2, 0.25) is 5.91 Å². The molecule has 0 radical (unpaired) electrons. The molecule has 4 heteroatoms. The lowest BCUT2D eigenvalue weighted by atomic mass is 9.97. The number of fused-ring (bicyclic) bond motifs is 1. The van der Waals surface area contributed by atoms with Crippen LogP contribution in [0.2, 0.25) is 0 Å². The molecule has 1 amide bonds. The van der Waals surface area contributed by atoms with Crippen molar-refractivity contribution >= 4 is 17.6 Å². The zero-order valence-electron chi connectivity index (χ0n) is 12.2. The fourth-order valence-electron chi connectivity index (χ4n) is 3.03. The number of hydrogen-bond acceptors (Lipinski definition) is 2. The third-order valence-corrected chi connectivity index (χ3v) is 4.31. The molecule has 1 heterocycles. The number of aliphatic carboxylic acids is 1. The van der Waals surface area contributed by atoms with Crippen LogP contribution in [0.15, 0.2) is 18.2 Å². The summed E-state index contributed by atoms with van der Waals surface area (Å²) in [6.07, 6.45) is 5.77. The number of nitrogens with zero attached hydrogens (tertiary/aromatic N) is 1. The molecule has 1 aromatic rings. The van der Waals surface area contributed by atoms with Crippen molar-refractivity contribution in [1.82, 2.24) is 0 Å². The van der Waals surface area contributed by atoms with Crippen molar-refractivity contribution in [1.29, 1.82) is 0 Å². The Kier molecular flexibility index (Phi) is 3.95. The predicted molar refractivity (Wildman–Crippen MR) is 80.4 cm³/mol. The topological polar surface area (TPSA) is 57.6 Å². The Balaban J connectivity index is 1.72. The molecule has 1 N–H and O–H groups in total. The minimum Gasteiger partial charge on any atom is -0.481 e. The Labute approximate surface area is 124 Å². The van der Waals surface area contributed by atoms with Crippen molar-refractivity contribution in [2.24, 2.45) is 5.92 Å². The van der Waals surface area contributed by atoms with Crippen LogP contribution in [0.5, 0.6) is 0 Å². The second-order valence-corrected chi connectivity index (χ2v) is 6.08. The van der Waals surface area contributed by atoms with Gasteiger partial charge in [-0.1, -0.05) is 12.1 Å². The van der Waals surface area contributed by atoms with Crippen molar-refractivity contribution < 1.29 is 14.7 Å². The molecule has 1 saturated carbocycles. The summed E-state index contributed by atoms with van der Waals surface area (Å²) in [6, 6.07) is 6.24. The molecule has 3 rings (SSSR count). The highest BCUT2D eigenvalue weighted by atomic mass is 16.4. The molecule has 1 fully saturated rings. The van der Waals surface area contributed by atoms with Crippen molar-refractivity contribution in [2.75, 3.05) is 11.4 Å². The van der Waals surface area contributed by atoms with E-state index in [0.29, 0.717) is 6.42 Å². The molecule has 0 unspecified atom stereocenters. The smallest absolute Gasteiger partial charge is 0.303 e. The number of amides is 1. The molecule has 1 aliphatic carbocycles. The van der Waals surface area contributed by atoms with Crippen molar-refractivity contribution in [2.45, 2.75) is 44.9 Å². The first-order valence-electron chi connectivity index (χ1n) is 7.80. The Morgan fingerprint density at radius 3 is 2.81 bits per heavy atom. The van der Waals surface area contributed by atoms with E-state index in [1.54, 1.807) is 0 Å². The molecule has 112 valence electrons. The third-order valence-electron chi connectivity index (χ3n) is 4.31. The number of benzene rings is 1. The fourth-order valence-corrected chi connectivity index (χ4v) is 3.03. The Morgan fingerprint density at radius 2 is 2.10 bits per heavy atom. The molecule has 4 nitrogen and oxygen atoms in total. The van der Waals surface area contributed by atoms with E-state index in [4.69, 9.17) is 5.11 Å². The number of carboxylic acids is 1. The largest absolute Gasteiger partial charge is 0.481 e. The van der Waals surface area contributed by atoms with Crippen LogP contribution in [-0.2, 0) is 22.4 Å². The zero-order valence-corrected chi connectivity index (χ0v) is 12.2. The summed E-state index contributed by atoms with van der Waals surface area (Å²) in [5.41, 5.74) is 3.49. The molecule has 0 saturated heterocycles. The summed E-state index contributed by atoms with van der Waals surface area (Å²) in [7, 11) is 0. The Bertz CT molecular complexity index is 563. The molecule has 1 aromatic carbocycles. The van der Waals surface area contributed by atoms with Crippen molar-refractivity contribution in [3.8, 4) is 0 Å². The molecular formula is C17H21NO3. The number of rotatable bonds is 5. The lowest BCUT2D eigenvalue weighted by Gasteiger charge is -2.30. The maximum Gasteiger partial charge on any atom is 0.303 e. The number of carboxylic acid groups (broad SMARTS) is 1. The van der Waals surface area contributed by atoms with Gasteiger partial charge < -0.3 is 10.0 Å². The standard InChI is InChI=1S/C17H21NO3/c19-16(20)5-1-3-12-6-9-15-14(11-12)4-2-10-18(15)17(21)13-7-8-13/h6,9,11,13H,1-5,7-8,10H2,(H,19,20). The van der Waals surface area contributed by atoms with Crippen LogP contribution in [0.4, 0.5) is 5.69 Å². The van der Waals surface area contributed by atoms with Gasteiger partial charge >= 0.3 is 5.97 Å². The van der Waals surface area contributed by atoms with Gasteiger partial charge in [0.1, 0.15) is 0 Å². The van der Waals surface area contributed by atoms with Crippen molar-refractivity contribution in [3.63, 3.8) is 0 Å². The highest BCUT2D eigenvalue weighted by Crippen LogP contribution is 2.36. The molecule has 2 aliphatic rings. The normalized spacial score (nSPS) is 17.4. The first kappa shape index (κ1) is 14.1. The molecule has 0 bridgehead atoms. The van der Waals surface area contributed by atoms with Crippen LogP contribution in [0.3, 0.4) is 0 Å². The summed E-state index contributed by atoms with van der Waals surface area (Å²) in [5, 5.41) is 8.69.